The van der Waals surface area contributed by atoms with Gasteiger partial charge in [-0.25, -0.2) is 4.84 Å². The lowest BCUT2D eigenvalue weighted by molar-refractivity contribution is -0.784. The molecule has 27 heavy (non-hydrogen) atoms. The molecule has 2 heterocycles. The summed E-state index contributed by atoms with van der Waals surface area (Å²) in [4.78, 5) is 17.4. The molecule has 1 fully saturated rings. The Balaban J connectivity index is -0.000000143. The molecule has 0 spiro atoms. The number of hydrogen-bond donors (Lipinski definition) is 3. The SMILES string of the molecule is C.C.C=NN(O)CC.CN[n+]1cc(C)on1.CON[N+](=O)N1CCCC1.[CH3-]. The Kier molecular flexibility index (Phi) is 23.7. The zero-order chi connectivity index (χ0) is 18.4. The summed E-state index contributed by atoms with van der Waals surface area (Å²) in [7, 11) is 3.18. The molecular weight excluding hydrogens is 356 g/mol. The summed E-state index contributed by atoms with van der Waals surface area (Å²) in [5.74, 6) is 0.791. The number of nitrogens with one attached hydrogen (secondary N) is 2. The van der Waals surface area contributed by atoms with Crippen LogP contribution in [0.5, 0.6) is 0 Å². The second kappa shape index (κ2) is 19.8. The highest BCUT2D eigenvalue weighted by molar-refractivity contribution is 5.21. The summed E-state index contributed by atoms with van der Waals surface area (Å²) in [6, 6.07) is 0. The Hall–Kier alpha value is -2.47. The van der Waals surface area contributed by atoms with Gasteiger partial charge in [-0.15, -0.1) is 5.01 Å². The van der Waals surface area contributed by atoms with Crippen molar-refractivity contribution in [2.75, 3.05) is 39.2 Å². The standard InChI is InChI=1S/C5H12N3O2.C4H8N3O.C3H8N2O.2CH4.CH3/c1-10-6-8(9)7-4-2-3-5-7;1-4-3-7(5-2)6-8-4;1-3-5(6)4-2;;;/h2-5H2,1H3,(H,6,9);3H,1-2H3,(H,5,6);6H,2-3H2,1H3;2*1H4;1H3/q2*+1;;;;-1. The molecule has 0 amide bonds. The third-order valence-corrected chi connectivity index (χ3v) is 2.76. The summed E-state index contributed by atoms with van der Waals surface area (Å²) in [6.45, 7) is 8.79. The molecule has 0 bridgehead atoms. The highest BCUT2D eigenvalue weighted by Crippen LogP contribution is 2.05. The van der Waals surface area contributed by atoms with Crippen molar-refractivity contribution in [1.29, 1.82) is 0 Å². The largest absolute Gasteiger partial charge is 0.358 e. The van der Waals surface area contributed by atoms with Gasteiger partial charge in [0, 0.05) is 19.2 Å². The lowest BCUT2D eigenvalue weighted by atomic mass is 10.4. The molecule has 0 saturated carbocycles. The van der Waals surface area contributed by atoms with E-state index < -0.39 is 0 Å². The van der Waals surface area contributed by atoms with E-state index in [1.807, 2.05) is 6.92 Å². The summed E-state index contributed by atoms with van der Waals surface area (Å²) < 4.78 is 4.71. The van der Waals surface area contributed by atoms with Crippen LogP contribution in [0, 0.1) is 19.3 Å². The van der Waals surface area contributed by atoms with Crippen LogP contribution in [0.25, 0.3) is 0 Å². The topological polar surface area (TPSA) is 122 Å². The van der Waals surface area contributed by atoms with E-state index in [4.69, 9.17) is 9.73 Å². The fourth-order valence-corrected chi connectivity index (χ4v) is 1.55. The first-order chi connectivity index (χ1) is 11.5. The van der Waals surface area contributed by atoms with E-state index in [0.717, 1.165) is 36.9 Å². The summed E-state index contributed by atoms with van der Waals surface area (Å²) >= 11 is 0. The number of rotatable bonds is 6. The first-order valence-corrected chi connectivity index (χ1v) is 7.45. The lowest BCUT2D eigenvalue weighted by Gasteiger charge is -2.02. The van der Waals surface area contributed by atoms with E-state index >= 15 is 0 Å². The molecule has 0 aliphatic carbocycles. The number of aryl methyl sites for hydroxylation is 1. The van der Waals surface area contributed by atoms with Crippen LogP contribution >= 0.6 is 0 Å². The van der Waals surface area contributed by atoms with E-state index in [0.29, 0.717) is 11.5 Å². The third kappa shape index (κ3) is 15.5. The number of nitrogens with zero attached hydrogens (tertiary/aromatic N) is 6. The first-order valence-electron chi connectivity index (χ1n) is 7.45. The van der Waals surface area contributed by atoms with E-state index in [1.165, 1.54) is 11.9 Å². The van der Waals surface area contributed by atoms with Crippen LogP contribution < -0.4 is 15.8 Å². The van der Waals surface area contributed by atoms with Crippen molar-refractivity contribution in [3.8, 4) is 0 Å². The van der Waals surface area contributed by atoms with Crippen LogP contribution in [0.15, 0.2) is 15.8 Å². The van der Waals surface area contributed by atoms with Gasteiger partial charge >= 0.3 is 0 Å². The van der Waals surface area contributed by atoms with Crippen LogP contribution in [-0.4, -0.2) is 66.1 Å². The van der Waals surface area contributed by atoms with Gasteiger partial charge < -0.3 is 11.9 Å². The number of hydroxylamine groups is 1. The quantitative estimate of drug-likeness (QED) is 0.283. The summed E-state index contributed by atoms with van der Waals surface area (Å²) in [6.07, 6.45) is 3.92. The molecule has 0 atom stereocenters. The maximum absolute atomic E-state index is 10.9. The van der Waals surface area contributed by atoms with Crippen LogP contribution in [0.2, 0.25) is 0 Å². The van der Waals surface area contributed by atoms with E-state index in [1.54, 1.807) is 25.2 Å². The smallest absolute Gasteiger partial charge is 0.274 e. The van der Waals surface area contributed by atoms with Crippen molar-refractivity contribution in [3.05, 3.63) is 24.3 Å². The predicted octanol–water partition coefficient (Wildman–Crippen LogP) is 1.32. The van der Waals surface area contributed by atoms with Crippen molar-refractivity contribution in [3.63, 3.8) is 0 Å². The molecule has 2 rings (SSSR count). The number of hydrazine groups is 2. The van der Waals surface area contributed by atoms with Crippen molar-refractivity contribution >= 4 is 6.72 Å². The fraction of sp³-hybridized carbons (Fsp3) is 0.733. The Morgan fingerprint density at radius 2 is 2.07 bits per heavy atom. The predicted molar refractivity (Wildman–Crippen MR) is 105 cm³/mol. The number of hydrogen-bond acceptors (Lipinski definition) is 8. The van der Waals surface area contributed by atoms with Crippen molar-refractivity contribution in [1.82, 2.24) is 21.0 Å². The van der Waals surface area contributed by atoms with Gasteiger partial charge in [-0.1, -0.05) is 14.9 Å². The van der Waals surface area contributed by atoms with E-state index in [2.05, 4.69) is 32.9 Å². The summed E-state index contributed by atoms with van der Waals surface area (Å²) in [5, 5.41) is 17.4. The molecular formula is C15H39N8O4+. The Labute approximate surface area is 163 Å². The van der Waals surface area contributed by atoms with E-state index in [-0.39, 0.29) is 22.3 Å². The molecule has 1 aromatic rings. The average Bonchev–Trinajstić information content (AvgIpc) is 3.27. The van der Waals surface area contributed by atoms with Crippen LogP contribution in [0.3, 0.4) is 0 Å². The highest BCUT2D eigenvalue weighted by Gasteiger charge is 2.24. The minimum absolute atomic E-state index is 0. The van der Waals surface area contributed by atoms with Gasteiger partial charge in [0.05, 0.1) is 43.5 Å². The van der Waals surface area contributed by atoms with Crippen molar-refractivity contribution < 1.29 is 24.3 Å². The van der Waals surface area contributed by atoms with Crippen molar-refractivity contribution in [2.45, 2.75) is 41.5 Å². The Bertz CT molecular complexity index is 466. The Morgan fingerprint density at radius 3 is 2.33 bits per heavy atom. The molecule has 1 aromatic heterocycles. The molecule has 162 valence electrons. The van der Waals surface area contributed by atoms with Gasteiger partial charge in [-0.2, -0.15) is 15.7 Å². The van der Waals surface area contributed by atoms with Gasteiger partial charge in [-0.05, 0) is 19.8 Å². The molecule has 12 heteroatoms. The monoisotopic (exact) mass is 395 g/mol. The zero-order valence-corrected chi connectivity index (χ0v) is 15.7. The van der Waals surface area contributed by atoms with E-state index in [9.17, 15) is 4.91 Å². The number of aromatic nitrogens is 2. The van der Waals surface area contributed by atoms with Gasteiger partial charge in [0.25, 0.3) is 11.2 Å². The first kappa shape index (κ1) is 32.2. The second-order valence-electron chi connectivity index (χ2n) is 4.54. The summed E-state index contributed by atoms with van der Waals surface area (Å²) in [5.41, 5.74) is 4.95. The van der Waals surface area contributed by atoms with Gasteiger partial charge in [-0.3, -0.25) is 5.21 Å². The maximum Gasteiger partial charge on any atom is 0.274 e. The average molecular weight is 396 g/mol. The molecule has 0 aromatic carbocycles. The maximum atomic E-state index is 10.9. The normalized spacial score (nSPS) is 10.9. The van der Waals surface area contributed by atoms with Crippen LogP contribution in [0.4, 0.5) is 0 Å². The minimum Gasteiger partial charge on any atom is -0.358 e. The molecule has 3 N–H and O–H groups in total. The third-order valence-electron chi connectivity index (χ3n) is 2.76. The molecule has 0 unspecified atom stereocenters. The minimum atomic E-state index is 0. The van der Waals surface area contributed by atoms with Crippen LogP contribution in [0.1, 0.15) is 40.4 Å². The number of nitroso groups, excluding NO2 is 1. The zero-order valence-electron chi connectivity index (χ0n) is 15.7. The fourth-order valence-electron chi connectivity index (χ4n) is 1.55. The van der Waals surface area contributed by atoms with Gasteiger partial charge in [0.1, 0.15) is 0 Å². The molecule has 1 aliphatic rings. The molecule has 1 saturated heterocycles. The van der Waals surface area contributed by atoms with Gasteiger partial charge in [0.2, 0.25) is 11.0 Å². The molecule has 0 radical (unpaired) electrons. The highest BCUT2D eigenvalue weighted by atomic mass is 16.7. The lowest BCUT2D eigenvalue weighted by Crippen LogP contribution is -2.43. The van der Waals surface area contributed by atoms with Crippen LogP contribution in [-0.2, 0) is 4.84 Å². The Morgan fingerprint density at radius 1 is 1.52 bits per heavy atom. The van der Waals surface area contributed by atoms with Gasteiger partial charge in [0.15, 0.2) is 0 Å². The second-order valence-corrected chi connectivity index (χ2v) is 4.54. The molecule has 12 nitrogen and oxygen atoms in total. The molecule has 1 aliphatic heterocycles. The van der Waals surface area contributed by atoms with Crippen molar-refractivity contribution in [2.24, 2.45) is 5.10 Å². The number of hydrazone groups is 1.